The summed E-state index contributed by atoms with van der Waals surface area (Å²) in [5.41, 5.74) is 0.836. The van der Waals surface area contributed by atoms with E-state index in [0.717, 1.165) is 22.5 Å². The lowest BCUT2D eigenvalue weighted by Gasteiger charge is -2.37. The average molecular weight is 322 g/mol. The van der Waals surface area contributed by atoms with Crippen molar-refractivity contribution in [2.45, 2.75) is 38.1 Å². The number of likely N-dealkylation sites (tertiary alicyclic amines) is 1. The minimum absolute atomic E-state index is 0.264. The number of halogens is 1. The summed E-state index contributed by atoms with van der Waals surface area (Å²) in [4.78, 5) is 14.8. The van der Waals surface area contributed by atoms with Crippen LogP contribution in [0.25, 0.3) is 0 Å². The maximum Gasteiger partial charge on any atom is 0.176 e. The summed E-state index contributed by atoms with van der Waals surface area (Å²) in [5, 5.41) is 0. The van der Waals surface area contributed by atoms with Crippen LogP contribution in [0.3, 0.4) is 0 Å². The van der Waals surface area contributed by atoms with E-state index in [2.05, 4.69) is 20.8 Å². The van der Waals surface area contributed by atoms with E-state index < -0.39 is 0 Å². The fraction of sp³-hybridized carbons (Fsp3) is 0.562. The highest BCUT2D eigenvalue weighted by Crippen LogP contribution is 2.36. The summed E-state index contributed by atoms with van der Waals surface area (Å²) >= 11 is 3.41. The first-order chi connectivity index (χ1) is 9.24. The summed E-state index contributed by atoms with van der Waals surface area (Å²) in [6, 6.07) is 8.40. The number of ketones is 1. The summed E-state index contributed by atoms with van der Waals surface area (Å²) < 4.78 is 1.03. The summed E-state index contributed by atoms with van der Waals surface area (Å²) in [5.74, 6) is 1.12. The molecule has 2 fully saturated rings. The lowest BCUT2D eigenvalue weighted by molar-refractivity contribution is 0.0777. The molecule has 1 aliphatic heterocycles. The third-order valence-electron chi connectivity index (χ3n) is 4.62. The Morgan fingerprint density at radius 1 is 1.16 bits per heavy atom. The van der Waals surface area contributed by atoms with Crippen LogP contribution < -0.4 is 0 Å². The van der Waals surface area contributed by atoms with Crippen LogP contribution in [0.5, 0.6) is 0 Å². The Labute approximate surface area is 123 Å². The van der Waals surface area contributed by atoms with Crippen LogP contribution in [-0.4, -0.2) is 29.8 Å². The van der Waals surface area contributed by atoms with Gasteiger partial charge in [-0.25, -0.2) is 0 Å². The molecule has 1 saturated carbocycles. The molecule has 0 radical (unpaired) electrons. The minimum Gasteiger partial charge on any atom is -0.293 e. The van der Waals surface area contributed by atoms with Crippen LogP contribution in [0, 0.1) is 5.92 Å². The van der Waals surface area contributed by atoms with Gasteiger partial charge in [0.25, 0.3) is 0 Å². The van der Waals surface area contributed by atoms with E-state index in [4.69, 9.17) is 0 Å². The fourth-order valence-electron chi connectivity index (χ4n) is 3.66. The number of carbonyl (C=O) groups excluding carboxylic acids is 1. The van der Waals surface area contributed by atoms with Crippen LogP contribution in [-0.2, 0) is 0 Å². The topological polar surface area (TPSA) is 20.3 Å². The zero-order valence-electron chi connectivity index (χ0n) is 11.1. The summed E-state index contributed by atoms with van der Waals surface area (Å²) in [6.45, 7) is 1.70. The average Bonchev–Trinajstić information content (AvgIpc) is 2.89. The van der Waals surface area contributed by atoms with Crippen LogP contribution in [0.15, 0.2) is 28.7 Å². The largest absolute Gasteiger partial charge is 0.293 e. The van der Waals surface area contributed by atoms with Crippen molar-refractivity contribution < 1.29 is 4.79 Å². The van der Waals surface area contributed by atoms with E-state index in [1.807, 2.05) is 24.3 Å². The Hall–Kier alpha value is -0.670. The molecule has 0 bridgehead atoms. The second-order valence-corrected chi connectivity index (χ2v) is 6.72. The number of rotatable bonds is 3. The van der Waals surface area contributed by atoms with Crippen LogP contribution >= 0.6 is 15.9 Å². The highest BCUT2D eigenvalue weighted by Gasteiger charge is 2.35. The predicted octanol–water partition coefficient (Wildman–Crippen LogP) is 3.90. The van der Waals surface area contributed by atoms with Gasteiger partial charge < -0.3 is 0 Å². The van der Waals surface area contributed by atoms with Gasteiger partial charge in [0, 0.05) is 16.1 Å². The van der Waals surface area contributed by atoms with Gasteiger partial charge in [-0.05, 0) is 50.3 Å². The molecule has 0 amide bonds. The summed E-state index contributed by atoms with van der Waals surface area (Å²) in [7, 11) is 0. The first-order valence-electron chi connectivity index (χ1n) is 7.27. The van der Waals surface area contributed by atoms with E-state index in [0.29, 0.717) is 12.6 Å². The number of fused-ring (bicyclic) bond motifs is 1. The molecule has 0 N–H and O–H groups in total. The molecule has 2 aliphatic rings. The zero-order valence-corrected chi connectivity index (χ0v) is 12.7. The molecule has 19 heavy (non-hydrogen) atoms. The van der Waals surface area contributed by atoms with Crippen molar-refractivity contribution in [1.82, 2.24) is 4.90 Å². The van der Waals surface area contributed by atoms with Crippen molar-refractivity contribution in [2.75, 3.05) is 13.1 Å². The summed E-state index contributed by atoms with van der Waals surface area (Å²) in [6.07, 6.45) is 6.63. The Kier molecular flexibility index (Phi) is 4.04. The standard InChI is InChI=1S/C16H20BrNO/c17-14-8-6-13(7-9-14)16(19)11-18-10-2-4-12-3-1-5-15(12)18/h6-9,12,15H,1-5,10-11H2. The molecule has 1 saturated heterocycles. The molecule has 102 valence electrons. The molecule has 0 aromatic heterocycles. The number of Topliss-reactive ketones (excluding diaryl/α,β-unsaturated/α-hetero) is 1. The molecule has 2 unspecified atom stereocenters. The van der Waals surface area contributed by atoms with E-state index in [1.165, 1.54) is 32.1 Å². The van der Waals surface area contributed by atoms with Crippen molar-refractivity contribution in [3.05, 3.63) is 34.3 Å². The molecule has 1 aliphatic carbocycles. The number of hydrogen-bond donors (Lipinski definition) is 0. The Bertz CT molecular complexity index is 456. The quantitative estimate of drug-likeness (QED) is 0.787. The highest BCUT2D eigenvalue weighted by molar-refractivity contribution is 9.10. The maximum absolute atomic E-state index is 12.4. The minimum atomic E-state index is 0.264. The second-order valence-electron chi connectivity index (χ2n) is 5.80. The molecule has 1 heterocycles. The van der Waals surface area contributed by atoms with Gasteiger partial charge in [-0.3, -0.25) is 9.69 Å². The molecular weight excluding hydrogens is 302 g/mol. The van der Waals surface area contributed by atoms with Gasteiger partial charge in [0.1, 0.15) is 0 Å². The normalized spacial score (nSPS) is 27.2. The molecule has 1 aromatic rings. The predicted molar refractivity (Wildman–Crippen MR) is 80.4 cm³/mol. The number of nitrogens with zero attached hydrogens (tertiary/aromatic N) is 1. The molecule has 1 aromatic carbocycles. The van der Waals surface area contributed by atoms with Crippen LogP contribution in [0.2, 0.25) is 0 Å². The van der Waals surface area contributed by atoms with Gasteiger partial charge in [-0.2, -0.15) is 0 Å². The third kappa shape index (κ3) is 2.92. The maximum atomic E-state index is 12.4. The molecule has 2 nitrogen and oxygen atoms in total. The Morgan fingerprint density at radius 2 is 1.89 bits per heavy atom. The smallest absolute Gasteiger partial charge is 0.176 e. The fourth-order valence-corrected chi connectivity index (χ4v) is 3.93. The van der Waals surface area contributed by atoms with Crippen molar-refractivity contribution in [2.24, 2.45) is 5.92 Å². The Balaban J connectivity index is 1.67. The number of carbonyl (C=O) groups is 1. The van der Waals surface area contributed by atoms with Gasteiger partial charge in [0.2, 0.25) is 0 Å². The first kappa shape index (κ1) is 13.3. The van der Waals surface area contributed by atoms with E-state index in [9.17, 15) is 4.79 Å². The molecular formula is C16H20BrNO. The molecule has 2 atom stereocenters. The SMILES string of the molecule is O=C(CN1CCCC2CCCC21)c1ccc(Br)cc1. The van der Waals surface area contributed by atoms with Gasteiger partial charge in [-0.1, -0.05) is 34.5 Å². The van der Waals surface area contributed by atoms with E-state index >= 15 is 0 Å². The van der Waals surface area contributed by atoms with Crippen molar-refractivity contribution in [1.29, 1.82) is 0 Å². The zero-order chi connectivity index (χ0) is 13.2. The Morgan fingerprint density at radius 3 is 2.68 bits per heavy atom. The number of hydrogen-bond acceptors (Lipinski definition) is 2. The number of benzene rings is 1. The number of piperidine rings is 1. The van der Waals surface area contributed by atoms with Gasteiger partial charge in [0.05, 0.1) is 6.54 Å². The van der Waals surface area contributed by atoms with Gasteiger partial charge in [-0.15, -0.1) is 0 Å². The van der Waals surface area contributed by atoms with Crippen LogP contribution in [0.1, 0.15) is 42.5 Å². The van der Waals surface area contributed by atoms with Crippen LogP contribution in [0.4, 0.5) is 0 Å². The highest BCUT2D eigenvalue weighted by atomic mass is 79.9. The van der Waals surface area contributed by atoms with Gasteiger partial charge in [0.15, 0.2) is 5.78 Å². The van der Waals surface area contributed by atoms with Gasteiger partial charge >= 0.3 is 0 Å². The van der Waals surface area contributed by atoms with Crippen molar-refractivity contribution >= 4 is 21.7 Å². The lowest BCUT2D eigenvalue weighted by Crippen LogP contribution is -2.45. The second kappa shape index (κ2) is 5.76. The first-order valence-corrected chi connectivity index (χ1v) is 8.06. The molecule has 0 spiro atoms. The van der Waals surface area contributed by atoms with E-state index in [-0.39, 0.29) is 5.78 Å². The van der Waals surface area contributed by atoms with E-state index in [1.54, 1.807) is 0 Å². The monoisotopic (exact) mass is 321 g/mol. The third-order valence-corrected chi connectivity index (χ3v) is 5.15. The van der Waals surface area contributed by atoms with Crippen molar-refractivity contribution in [3.8, 4) is 0 Å². The molecule has 3 heteroatoms. The van der Waals surface area contributed by atoms with Crippen molar-refractivity contribution in [3.63, 3.8) is 0 Å². The lowest BCUT2D eigenvalue weighted by atomic mass is 9.91. The molecule has 3 rings (SSSR count).